The molecule has 0 saturated carbocycles. The minimum absolute atomic E-state index is 0.0227. The number of piperazine rings is 1. The summed E-state index contributed by atoms with van der Waals surface area (Å²) in [5.41, 5.74) is 3.09. The number of amides is 2. The van der Waals surface area contributed by atoms with Crippen LogP contribution < -0.4 is 4.74 Å². The first kappa shape index (κ1) is 21.9. The van der Waals surface area contributed by atoms with E-state index in [1.54, 1.807) is 4.90 Å². The molecule has 0 aromatic heterocycles. The van der Waals surface area contributed by atoms with Crippen molar-refractivity contribution in [2.45, 2.75) is 25.8 Å². The molecule has 6 nitrogen and oxygen atoms in total. The Hall–Kier alpha value is -2.93. The van der Waals surface area contributed by atoms with Crippen molar-refractivity contribution in [1.29, 1.82) is 0 Å². The molecule has 2 aromatic carbocycles. The van der Waals surface area contributed by atoms with E-state index in [2.05, 4.69) is 23.1 Å². The van der Waals surface area contributed by atoms with E-state index in [1.807, 2.05) is 4.90 Å². The Bertz CT molecular complexity index is 1010. The first-order valence-electron chi connectivity index (χ1n) is 11.9. The lowest BCUT2D eigenvalue weighted by Gasteiger charge is -2.38. The van der Waals surface area contributed by atoms with Crippen LogP contribution in [0.3, 0.4) is 0 Å². The molecule has 3 aliphatic heterocycles. The largest absolute Gasteiger partial charge is 0.493 e. The standard InChI is InChI=1S/C26H30FN3O3/c27-23-4-2-20(3-5-23)25(31)29-10-7-21(8-11-29)26(32)30-14-12-28(13-15-30)18-19-1-6-24-22(17-19)9-16-33-24/h1-6,17,21H,7-16,18H2. The van der Waals surface area contributed by atoms with Gasteiger partial charge in [0.2, 0.25) is 5.91 Å². The Morgan fingerprint density at radius 1 is 0.909 bits per heavy atom. The maximum absolute atomic E-state index is 13.1. The summed E-state index contributed by atoms with van der Waals surface area (Å²) in [7, 11) is 0. The molecule has 3 heterocycles. The number of hydrogen-bond donors (Lipinski definition) is 0. The molecule has 33 heavy (non-hydrogen) atoms. The highest BCUT2D eigenvalue weighted by molar-refractivity contribution is 5.94. The Morgan fingerprint density at radius 3 is 2.36 bits per heavy atom. The molecule has 2 fully saturated rings. The highest BCUT2D eigenvalue weighted by Gasteiger charge is 2.32. The van der Waals surface area contributed by atoms with Crippen LogP contribution in [-0.2, 0) is 17.8 Å². The smallest absolute Gasteiger partial charge is 0.253 e. The van der Waals surface area contributed by atoms with Crippen molar-refractivity contribution in [2.75, 3.05) is 45.9 Å². The first-order valence-corrected chi connectivity index (χ1v) is 11.9. The quantitative estimate of drug-likeness (QED) is 0.717. The number of ether oxygens (including phenoxy) is 1. The van der Waals surface area contributed by atoms with E-state index < -0.39 is 0 Å². The van der Waals surface area contributed by atoms with Gasteiger partial charge in [-0.15, -0.1) is 0 Å². The third-order valence-corrected chi connectivity index (χ3v) is 7.07. The third kappa shape index (κ3) is 4.88. The molecule has 3 aliphatic rings. The molecule has 0 aliphatic carbocycles. The molecule has 0 atom stereocenters. The summed E-state index contributed by atoms with van der Waals surface area (Å²) in [4.78, 5) is 31.9. The molecule has 0 spiro atoms. The summed E-state index contributed by atoms with van der Waals surface area (Å²) in [6.45, 7) is 6.06. The average Bonchev–Trinajstić information content (AvgIpc) is 3.32. The zero-order chi connectivity index (χ0) is 22.8. The van der Waals surface area contributed by atoms with Crippen molar-refractivity contribution in [1.82, 2.24) is 14.7 Å². The monoisotopic (exact) mass is 451 g/mol. The van der Waals surface area contributed by atoms with Crippen molar-refractivity contribution in [3.05, 3.63) is 65.0 Å². The summed E-state index contributed by atoms with van der Waals surface area (Å²) in [6, 6.07) is 12.1. The number of nitrogens with zero attached hydrogens (tertiary/aromatic N) is 3. The van der Waals surface area contributed by atoms with Gasteiger partial charge in [-0.05, 0) is 54.3 Å². The Morgan fingerprint density at radius 2 is 1.64 bits per heavy atom. The van der Waals surface area contributed by atoms with Crippen LogP contribution in [0.4, 0.5) is 4.39 Å². The Balaban J connectivity index is 1.08. The molecule has 0 radical (unpaired) electrons. The zero-order valence-corrected chi connectivity index (χ0v) is 18.8. The van der Waals surface area contributed by atoms with Gasteiger partial charge in [0.05, 0.1) is 6.61 Å². The number of likely N-dealkylation sites (tertiary alicyclic amines) is 1. The van der Waals surface area contributed by atoms with Crippen LogP contribution >= 0.6 is 0 Å². The lowest BCUT2D eigenvalue weighted by atomic mass is 9.94. The summed E-state index contributed by atoms with van der Waals surface area (Å²) in [6.07, 6.45) is 2.35. The van der Waals surface area contributed by atoms with Gasteiger partial charge in [-0.25, -0.2) is 4.39 Å². The third-order valence-electron chi connectivity index (χ3n) is 7.07. The first-order chi connectivity index (χ1) is 16.1. The van der Waals surface area contributed by atoms with E-state index in [9.17, 15) is 14.0 Å². The van der Waals surface area contributed by atoms with E-state index in [4.69, 9.17) is 4.74 Å². The molecule has 0 bridgehead atoms. The van der Waals surface area contributed by atoms with Crippen LogP contribution in [0.25, 0.3) is 0 Å². The minimum atomic E-state index is -0.349. The number of fused-ring (bicyclic) bond motifs is 1. The fraction of sp³-hybridized carbons (Fsp3) is 0.462. The number of carbonyl (C=O) groups excluding carboxylic acids is 2. The number of carbonyl (C=O) groups is 2. The van der Waals surface area contributed by atoms with Crippen molar-refractivity contribution in [3.63, 3.8) is 0 Å². The average molecular weight is 452 g/mol. The lowest BCUT2D eigenvalue weighted by Crippen LogP contribution is -2.51. The van der Waals surface area contributed by atoms with Gasteiger partial charge in [0.1, 0.15) is 11.6 Å². The predicted molar refractivity (Wildman–Crippen MR) is 123 cm³/mol. The van der Waals surface area contributed by atoms with Crippen LogP contribution in [0, 0.1) is 11.7 Å². The van der Waals surface area contributed by atoms with Gasteiger partial charge in [-0.1, -0.05) is 12.1 Å². The number of hydrogen-bond acceptors (Lipinski definition) is 4. The van der Waals surface area contributed by atoms with Gasteiger partial charge in [0.25, 0.3) is 5.91 Å². The molecule has 2 saturated heterocycles. The van der Waals surface area contributed by atoms with Gasteiger partial charge >= 0.3 is 0 Å². The van der Waals surface area contributed by atoms with Crippen LogP contribution in [0.2, 0.25) is 0 Å². The van der Waals surface area contributed by atoms with Gasteiger partial charge in [0.15, 0.2) is 0 Å². The Kier molecular flexibility index (Phi) is 6.31. The summed E-state index contributed by atoms with van der Waals surface area (Å²) < 4.78 is 18.7. The maximum atomic E-state index is 13.1. The maximum Gasteiger partial charge on any atom is 0.253 e. The summed E-state index contributed by atoms with van der Waals surface area (Å²) >= 11 is 0. The van der Waals surface area contributed by atoms with E-state index in [1.165, 1.54) is 35.4 Å². The second kappa shape index (κ2) is 9.51. The molecule has 174 valence electrons. The molecular formula is C26H30FN3O3. The Labute approximate surface area is 193 Å². The summed E-state index contributed by atoms with van der Waals surface area (Å²) in [5, 5.41) is 0. The minimum Gasteiger partial charge on any atom is -0.493 e. The number of benzene rings is 2. The van der Waals surface area contributed by atoms with E-state index in [-0.39, 0.29) is 23.5 Å². The predicted octanol–water partition coefficient (Wildman–Crippen LogP) is 2.96. The summed E-state index contributed by atoms with van der Waals surface area (Å²) in [5.74, 6) is 0.772. The molecule has 2 aromatic rings. The van der Waals surface area contributed by atoms with E-state index >= 15 is 0 Å². The lowest BCUT2D eigenvalue weighted by molar-refractivity contribution is -0.138. The highest BCUT2D eigenvalue weighted by atomic mass is 19.1. The van der Waals surface area contributed by atoms with Crippen molar-refractivity contribution < 1.29 is 18.7 Å². The van der Waals surface area contributed by atoms with Crippen LogP contribution in [0.15, 0.2) is 42.5 Å². The van der Waals surface area contributed by atoms with Gasteiger partial charge in [0, 0.05) is 63.7 Å². The molecule has 0 unspecified atom stereocenters. The van der Waals surface area contributed by atoms with Gasteiger partial charge < -0.3 is 14.5 Å². The topological polar surface area (TPSA) is 53.1 Å². The fourth-order valence-electron chi connectivity index (χ4n) is 5.09. The normalized spacial score (nSPS) is 19.3. The van der Waals surface area contributed by atoms with Gasteiger partial charge in [-0.3, -0.25) is 14.5 Å². The molecule has 2 amide bonds. The molecule has 5 rings (SSSR count). The van der Waals surface area contributed by atoms with Crippen molar-refractivity contribution >= 4 is 11.8 Å². The number of rotatable bonds is 4. The highest BCUT2D eigenvalue weighted by Crippen LogP contribution is 2.27. The number of halogens is 1. The SMILES string of the molecule is O=C(c1ccc(F)cc1)N1CCC(C(=O)N2CCN(Cc3ccc4c(c3)CCO4)CC2)CC1. The van der Waals surface area contributed by atoms with Crippen LogP contribution in [-0.4, -0.2) is 72.4 Å². The van der Waals surface area contributed by atoms with Crippen molar-refractivity contribution in [2.24, 2.45) is 5.92 Å². The second-order valence-corrected chi connectivity index (χ2v) is 9.22. The molecular weight excluding hydrogens is 421 g/mol. The van der Waals surface area contributed by atoms with E-state index in [0.29, 0.717) is 31.5 Å². The van der Waals surface area contributed by atoms with Gasteiger partial charge in [-0.2, -0.15) is 0 Å². The van der Waals surface area contributed by atoms with E-state index in [0.717, 1.165) is 51.5 Å². The fourth-order valence-corrected chi connectivity index (χ4v) is 5.09. The number of piperidine rings is 1. The second-order valence-electron chi connectivity index (χ2n) is 9.22. The van der Waals surface area contributed by atoms with Crippen LogP contribution in [0.1, 0.15) is 34.3 Å². The molecule has 0 N–H and O–H groups in total. The van der Waals surface area contributed by atoms with Crippen LogP contribution in [0.5, 0.6) is 5.75 Å². The van der Waals surface area contributed by atoms with Crippen molar-refractivity contribution in [3.8, 4) is 5.75 Å². The molecule has 7 heteroatoms. The zero-order valence-electron chi connectivity index (χ0n) is 18.8.